The summed E-state index contributed by atoms with van der Waals surface area (Å²) >= 11 is 7.21. The van der Waals surface area contributed by atoms with E-state index in [9.17, 15) is 9.50 Å². The second kappa shape index (κ2) is 5.63. The fraction of sp³-hybridized carbons (Fsp3) is 0.231. The van der Waals surface area contributed by atoms with Crippen molar-refractivity contribution < 1.29 is 9.50 Å². The molecule has 0 radical (unpaired) electrons. The summed E-state index contributed by atoms with van der Waals surface area (Å²) in [4.78, 5) is 1.13. The molecule has 1 aromatic heterocycles. The first-order valence-electron chi connectivity index (χ1n) is 5.29. The average Bonchev–Trinajstić information content (AvgIpc) is 2.76. The number of aliphatic hydroxyl groups excluding tert-OH is 1. The SMILES string of the molecule is OC(Cc1ccc(Cl)c(F)c1)Cc1cccs1. The summed E-state index contributed by atoms with van der Waals surface area (Å²) in [5, 5.41) is 12.0. The molecule has 0 bridgehead atoms. The highest BCUT2D eigenvalue weighted by Gasteiger charge is 2.09. The molecule has 2 rings (SSSR count). The van der Waals surface area contributed by atoms with Crippen LogP contribution in [0.4, 0.5) is 4.39 Å². The Morgan fingerprint density at radius 1 is 1.29 bits per heavy atom. The van der Waals surface area contributed by atoms with Crippen LogP contribution in [-0.4, -0.2) is 11.2 Å². The first-order valence-corrected chi connectivity index (χ1v) is 6.55. The van der Waals surface area contributed by atoms with Crippen LogP contribution in [0.2, 0.25) is 5.02 Å². The van der Waals surface area contributed by atoms with Gasteiger partial charge in [-0.05, 0) is 35.6 Å². The fourth-order valence-electron chi connectivity index (χ4n) is 1.67. The molecule has 0 fully saturated rings. The molecular weight excluding hydrogens is 259 g/mol. The van der Waals surface area contributed by atoms with Gasteiger partial charge in [0.1, 0.15) is 5.82 Å². The number of halogens is 2. The molecule has 1 nitrogen and oxygen atoms in total. The molecule has 1 aromatic carbocycles. The zero-order valence-electron chi connectivity index (χ0n) is 9.07. The highest BCUT2D eigenvalue weighted by atomic mass is 35.5. The minimum atomic E-state index is -0.491. The predicted octanol–water partition coefficient (Wildman–Crippen LogP) is 3.69. The van der Waals surface area contributed by atoms with E-state index in [4.69, 9.17) is 11.6 Å². The lowest BCUT2D eigenvalue weighted by Crippen LogP contribution is -2.13. The highest BCUT2D eigenvalue weighted by Crippen LogP contribution is 2.18. The van der Waals surface area contributed by atoms with Crippen molar-refractivity contribution in [3.63, 3.8) is 0 Å². The third-order valence-corrected chi connectivity index (χ3v) is 3.68. The van der Waals surface area contributed by atoms with Gasteiger partial charge in [-0.3, -0.25) is 0 Å². The topological polar surface area (TPSA) is 20.2 Å². The van der Waals surface area contributed by atoms with E-state index in [2.05, 4.69) is 0 Å². The third kappa shape index (κ3) is 3.53. The van der Waals surface area contributed by atoms with Gasteiger partial charge in [-0.2, -0.15) is 0 Å². The van der Waals surface area contributed by atoms with Gasteiger partial charge < -0.3 is 5.11 Å². The Bertz CT molecular complexity index is 484. The quantitative estimate of drug-likeness (QED) is 0.898. The Kier molecular flexibility index (Phi) is 4.15. The Morgan fingerprint density at radius 2 is 2.12 bits per heavy atom. The normalized spacial score (nSPS) is 12.6. The molecule has 0 amide bonds. The number of hydrogen-bond donors (Lipinski definition) is 1. The van der Waals surface area contributed by atoms with E-state index in [0.29, 0.717) is 12.8 Å². The van der Waals surface area contributed by atoms with E-state index >= 15 is 0 Å². The third-order valence-electron chi connectivity index (χ3n) is 2.47. The number of aliphatic hydroxyl groups is 1. The molecule has 0 saturated carbocycles. The monoisotopic (exact) mass is 270 g/mol. The molecular formula is C13H12ClFOS. The minimum absolute atomic E-state index is 0.112. The fourth-order valence-corrected chi connectivity index (χ4v) is 2.57. The molecule has 0 spiro atoms. The summed E-state index contributed by atoms with van der Waals surface area (Å²) in [6, 6.07) is 8.57. The van der Waals surface area contributed by atoms with Crippen LogP contribution in [0.5, 0.6) is 0 Å². The first kappa shape index (κ1) is 12.6. The number of benzene rings is 1. The predicted molar refractivity (Wildman–Crippen MR) is 69.1 cm³/mol. The average molecular weight is 271 g/mol. The molecule has 1 atom stereocenters. The van der Waals surface area contributed by atoms with E-state index in [-0.39, 0.29) is 5.02 Å². The molecule has 1 N–H and O–H groups in total. The zero-order chi connectivity index (χ0) is 12.3. The van der Waals surface area contributed by atoms with E-state index in [1.807, 2.05) is 17.5 Å². The van der Waals surface area contributed by atoms with Crippen molar-refractivity contribution in [1.82, 2.24) is 0 Å². The van der Waals surface area contributed by atoms with Crippen LogP contribution in [0.3, 0.4) is 0 Å². The van der Waals surface area contributed by atoms with Crippen molar-refractivity contribution in [3.05, 3.63) is 57.0 Å². The van der Waals surface area contributed by atoms with Gasteiger partial charge in [0, 0.05) is 11.3 Å². The van der Waals surface area contributed by atoms with Gasteiger partial charge in [0.15, 0.2) is 0 Å². The molecule has 0 aliphatic heterocycles. The van der Waals surface area contributed by atoms with Crippen molar-refractivity contribution in [2.75, 3.05) is 0 Å². The lowest BCUT2D eigenvalue weighted by Gasteiger charge is -2.09. The number of thiophene rings is 1. The summed E-state index contributed by atoms with van der Waals surface area (Å²) in [7, 11) is 0. The van der Waals surface area contributed by atoms with Gasteiger partial charge in [0.2, 0.25) is 0 Å². The maximum atomic E-state index is 13.2. The second-order valence-electron chi connectivity index (χ2n) is 3.89. The molecule has 0 saturated heterocycles. The summed E-state index contributed by atoms with van der Waals surface area (Å²) in [5.41, 5.74) is 0.760. The van der Waals surface area contributed by atoms with Crippen LogP contribution in [0.1, 0.15) is 10.4 Å². The van der Waals surface area contributed by atoms with Crippen molar-refractivity contribution in [1.29, 1.82) is 0 Å². The van der Waals surface area contributed by atoms with Crippen LogP contribution in [-0.2, 0) is 12.8 Å². The van der Waals surface area contributed by atoms with Crippen LogP contribution in [0.25, 0.3) is 0 Å². The van der Waals surface area contributed by atoms with E-state index in [0.717, 1.165) is 10.4 Å². The Hall–Kier alpha value is -0.900. The smallest absolute Gasteiger partial charge is 0.142 e. The van der Waals surface area contributed by atoms with E-state index < -0.39 is 11.9 Å². The van der Waals surface area contributed by atoms with Crippen LogP contribution in [0.15, 0.2) is 35.7 Å². The van der Waals surface area contributed by atoms with Crippen LogP contribution >= 0.6 is 22.9 Å². The second-order valence-corrected chi connectivity index (χ2v) is 5.33. The number of rotatable bonds is 4. The maximum absolute atomic E-state index is 13.2. The largest absolute Gasteiger partial charge is 0.392 e. The van der Waals surface area contributed by atoms with Crippen molar-refractivity contribution >= 4 is 22.9 Å². The first-order chi connectivity index (χ1) is 8.15. The Balaban J connectivity index is 1.98. The van der Waals surface area contributed by atoms with Gasteiger partial charge in [0.05, 0.1) is 11.1 Å². The lowest BCUT2D eigenvalue weighted by atomic mass is 10.1. The van der Waals surface area contributed by atoms with E-state index in [1.54, 1.807) is 17.4 Å². The minimum Gasteiger partial charge on any atom is -0.392 e. The maximum Gasteiger partial charge on any atom is 0.142 e. The molecule has 1 heterocycles. The molecule has 1 unspecified atom stereocenters. The summed E-state index contributed by atoms with van der Waals surface area (Å²) < 4.78 is 13.2. The van der Waals surface area contributed by atoms with Gasteiger partial charge in [-0.1, -0.05) is 23.7 Å². The zero-order valence-corrected chi connectivity index (χ0v) is 10.6. The van der Waals surface area contributed by atoms with Crippen LogP contribution < -0.4 is 0 Å². The molecule has 0 aliphatic carbocycles. The van der Waals surface area contributed by atoms with Crippen molar-refractivity contribution in [2.45, 2.75) is 18.9 Å². The number of hydrogen-bond acceptors (Lipinski definition) is 2. The van der Waals surface area contributed by atoms with Gasteiger partial charge in [0.25, 0.3) is 0 Å². The molecule has 4 heteroatoms. The standard InChI is InChI=1S/C13H12ClFOS/c14-12-4-3-9(7-13(12)15)6-10(16)8-11-2-1-5-17-11/h1-5,7,10,16H,6,8H2. The van der Waals surface area contributed by atoms with Crippen molar-refractivity contribution in [3.8, 4) is 0 Å². The summed E-state index contributed by atoms with van der Waals surface area (Å²) in [5.74, 6) is -0.438. The van der Waals surface area contributed by atoms with Gasteiger partial charge >= 0.3 is 0 Å². The summed E-state index contributed by atoms with van der Waals surface area (Å²) in [6.45, 7) is 0. The molecule has 90 valence electrons. The van der Waals surface area contributed by atoms with Crippen molar-refractivity contribution in [2.24, 2.45) is 0 Å². The van der Waals surface area contributed by atoms with Crippen LogP contribution in [0, 0.1) is 5.82 Å². The Morgan fingerprint density at radius 3 is 2.76 bits per heavy atom. The van der Waals surface area contributed by atoms with Gasteiger partial charge in [-0.15, -0.1) is 11.3 Å². The lowest BCUT2D eigenvalue weighted by molar-refractivity contribution is 0.176. The molecule has 0 aliphatic rings. The Labute approximate surface area is 108 Å². The summed E-state index contributed by atoms with van der Waals surface area (Å²) in [6.07, 6.45) is 0.544. The highest BCUT2D eigenvalue weighted by molar-refractivity contribution is 7.09. The van der Waals surface area contributed by atoms with E-state index in [1.165, 1.54) is 12.1 Å². The molecule has 17 heavy (non-hydrogen) atoms. The van der Waals surface area contributed by atoms with Gasteiger partial charge in [-0.25, -0.2) is 4.39 Å². The molecule has 2 aromatic rings.